The van der Waals surface area contributed by atoms with Gasteiger partial charge in [-0.05, 0) is 31.0 Å². The van der Waals surface area contributed by atoms with Gasteiger partial charge in [-0.3, -0.25) is 4.79 Å². The number of esters is 1. The van der Waals surface area contributed by atoms with Gasteiger partial charge in [-0.2, -0.15) is 0 Å². The summed E-state index contributed by atoms with van der Waals surface area (Å²) in [7, 11) is 0. The topological polar surface area (TPSA) is 71.8 Å². The summed E-state index contributed by atoms with van der Waals surface area (Å²) in [6.07, 6.45) is 0.0617. The van der Waals surface area contributed by atoms with Crippen molar-refractivity contribution >= 4 is 46.2 Å². The minimum Gasteiger partial charge on any atom is -1.00 e. The summed E-state index contributed by atoms with van der Waals surface area (Å²) in [6.45, 7) is 2.80. The molecule has 1 N–H and O–H groups in total. The molecular formula is C17H19Cl2N2NaO4. The molecule has 1 aromatic carbocycles. The summed E-state index contributed by atoms with van der Waals surface area (Å²) in [5, 5.41) is 11.1. The summed E-state index contributed by atoms with van der Waals surface area (Å²) in [6, 6.07) is 3.43. The molecule has 2 aromatic rings. The third-order valence-corrected chi connectivity index (χ3v) is 5.06. The first kappa shape index (κ1) is 21.4. The third kappa shape index (κ3) is 3.99. The van der Waals surface area contributed by atoms with Crippen LogP contribution in [0.25, 0.3) is 10.9 Å². The Morgan fingerprint density at radius 1 is 1.23 bits per heavy atom. The number of carbonyl (C=O) groups is 2. The predicted molar refractivity (Wildman–Crippen MR) is 96.7 cm³/mol. The maximum atomic E-state index is 12.1. The molecular weight excluding hydrogens is 390 g/mol. The minimum atomic E-state index is -0.949. The van der Waals surface area contributed by atoms with Crippen LogP contribution < -0.4 is 29.6 Å². The molecule has 1 aromatic heterocycles. The van der Waals surface area contributed by atoms with E-state index in [-0.39, 0.29) is 43.5 Å². The normalized spacial score (nSPS) is 13.7. The Labute approximate surface area is 184 Å². The van der Waals surface area contributed by atoms with E-state index in [1.54, 1.807) is 19.1 Å². The molecule has 0 saturated carbocycles. The minimum absolute atomic E-state index is 0. The summed E-state index contributed by atoms with van der Waals surface area (Å²) < 4.78 is 6.90. The number of carboxylic acid groups (broad SMARTS) is 1. The van der Waals surface area contributed by atoms with Crippen LogP contribution >= 0.6 is 23.2 Å². The molecule has 3 rings (SSSR count). The van der Waals surface area contributed by atoms with Crippen molar-refractivity contribution in [3.8, 4) is 0 Å². The number of ether oxygens (including phenoxy) is 1. The number of nitrogens with zero attached hydrogens (tertiary/aromatic N) is 2. The van der Waals surface area contributed by atoms with Crippen LogP contribution in [0.1, 0.15) is 19.6 Å². The molecule has 0 radical (unpaired) electrons. The van der Waals surface area contributed by atoms with Gasteiger partial charge >= 0.3 is 41.6 Å². The molecule has 1 aliphatic rings. The van der Waals surface area contributed by atoms with Gasteiger partial charge in [-0.1, -0.05) is 23.2 Å². The Hall–Kier alpha value is -0.920. The molecule has 0 spiro atoms. The van der Waals surface area contributed by atoms with Crippen LogP contribution in [0.15, 0.2) is 12.1 Å². The van der Waals surface area contributed by atoms with E-state index in [0.717, 1.165) is 16.6 Å². The first-order valence-electron chi connectivity index (χ1n) is 8.05. The summed E-state index contributed by atoms with van der Waals surface area (Å²) >= 11 is 12.8. The number of carbonyl (C=O) groups excluding carboxylic acids is 1. The van der Waals surface area contributed by atoms with E-state index >= 15 is 0 Å². The SMILES string of the molecule is CCOC(=O)Cn1c2c(c3c(Cl)ccc(Cl)c31)CCN(C(=O)O)CC2.[H-].[Na+]. The van der Waals surface area contributed by atoms with Crippen LogP contribution in [-0.2, 0) is 28.9 Å². The van der Waals surface area contributed by atoms with Gasteiger partial charge in [0.2, 0.25) is 0 Å². The molecule has 0 fully saturated rings. The standard InChI is InChI=1S/C17H18Cl2N2O4.Na.H/c1-2-25-14(22)9-21-13-6-8-20(17(23)24)7-5-10(13)15-11(18)3-4-12(19)16(15)21;;/h3-4H,2,5-9H2,1H3,(H,23,24);;/q;+1;-1. The van der Waals surface area contributed by atoms with Gasteiger partial charge < -0.3 is 20.7 Å². The number of aromatic nitrogens is 1. The number of hydrogen-bond donors (Lipinski definition) is 1. The molecule has 1 aliphatic heterocycles. The Balaban J connectivity index is 0.00000182. The van der Waals surface area contributed by atoms with Gasteiger partial charge in [0.15, 0.2) is 0 Å². The first-order valence-corrected chi connectivity index (χ1v) is 8.81. The summed E-state index contributed by atoms with van der Waals surface area (Å²) in [4.78, 5) is 24.8. The fourth-order valence-electron chi connectivity index (χ4n) is 3.39. The molecule has 26 heavy (non-hydrogen) atoms. The summed E-state index contributed by atoms with van der Waals surface area (Å²) in [5.41, 5.74) is 2.55. The van der Waals surface area contributed by atoms with E-state index in [1.165, 1.54) is 4.90 Å². The number of benzene rings is 1. The van der Waals surface area contributed by atoms with Gasteiger partial charge in [-0.25, -0.2) is 4.79 Å². The maximum absolute atomic E-state index is 12.1. The second-order valence-electron chi connectivity index (χ2n) is 5.84. The molecule has 6 nitrogen and oxygen atoms in total. The zero-order valence-electron chi connectivity index (χ0n) is 15.7. The fourth-order valence-corrected chi connectivity index (χ4v) is 3.92. The molecule has 0 bridgehead atoms. The van der Waals surface area contributed by atoms with E-state index < -0.39 is 6.09 Å². The molecule has 2 heterocycles. The Morgan fingerprint density at radius 2 is 1.88 bits per heavy atom. The van der Waals surface area contributed by atoms with Crippen LogP contribution in [0.5, 0.6) is 0 Å². The molecule has 0 unspecified atom stereocenters. The van der Waals surface area contributed by atoms with E-state index in [0.29, 0.717) is 48.1 Å². The van der Waals surface area contributed by atoms with E-state index in [1.807, 2.05) is 4.57 Å². The molecule has 136 valence electrons. The van der Waals surface area contributed by atoms with Crippen molar-refractivity contribution in [2.45, 2.75) is 26.3 Å². The zero-order valence-corrected chi connectivity index (χ0v) is 18.2. The fraction of sp³-hybridized carbons (Fsp3) is 0.412. The van der Waals surface area contributed by atoms with Crippen molar-refractivity contribution < 1.29 is 50.4 Å². The number of amides is 1. The quantitative estimate of drug-likeness (QED) is 0.599. The van der Waals surface area contributed by atoms with Crippen molar-refractivity contribution in [2.75, 3.05) is 19.7 Å². The largest absolute Gasteiger partial charge is 1.00 e. The number of hydrogen-bond acceptors (Lipinski definition) is 3. The molecule has 0 aliphatic carbocycles. The van der Waals surface area contributed by atoms with Crippen LogP contribution in [0.4, 0.5) is 4.79 Å². The average Bonchev–Trinajstić information content (AvgIpc) is 2.72. The molecule has 1 amide bonds. The number of fused-ring (bicyclic) bond motifs is 3. The average molecular weight is 409 g/mol. The number of halogens is 2. The summed E-state index contributed by atoms with van der Waals surface area (Å²) in [5.74, 6) is -0.363. The Bertz CT molecular complexity index is 859. The van der Waals surface area contributed by atoms with Gasteiger partial charge in [-0.15, -0.1) is 0 Å². The Kier molecular flexibility index (Phi) is 7.27. The van der Waals surface area contributed by atoms with Gasteiger partial charge in [0.25, 0.3) is 0 Å². The first-order chi connectivity index (χ1) is 11.9. The van der Waals surface area contributed by atoms with Gasteiger partial charge in [0.05, 0.1) is 22.2 Å². The Morgan fingerprint density at radius 3 is 2.54 bits per heavy atom. The van der Waals surface area contributed by atoms with Crippen molar-refractivity contribution in [2.24, 2.45) is 0 Å². The van der Waals surface area contributed by atoms with Crippen molar-refractivity contribution in [1.82, 2.24) is 9.47 Å². The van der Waals surface area contributed by atoms with E-state index in [2.05, 4.69) is 0 Å². The molecule has 0 saturated heterocycles. The van der Waals surface area contributed by atoms with E-state index in [9.17, 15) is 14.7 Å². The van der Waals surface area contributed by atoms with Crippen LogP contribution in [0, 0.1) is 0 Å². The second-order valence-corrected chi connectivity index (χ2v) is 6.65. The zero-order chi connectivity index (χ0) is 18.1. The van der Waals surface area contributed by atoms with E-state index in [4.69, 9.17) is 27.9 Å². The van der Waals surface area contributed by atoms with Crippen LogP contribution in [0.3, 0.4) is 0 Å². The second kappa shape index (κ2) is 8.85. The maximum Gasteiger partial charge on any atom is 1.00 e. The third-order valence-electron chi connectivity index (χ3n) is 4.44. The van der Waals surface area contributed by atoms with Gasteiger partial charge in [0, 0.05) is 30.6 Å². The predicted octanol–water partition coefficient (Wildman–Crippen LogP) is 0.706. The van der Waals surface area contributed by atoms with Crippen molar-refractivity contribution in [3.63, 3.8) is 0 Å². The number of rotatable bonds is 3. The van der Waals surface area contributed by atoms with Gasteiger partial charge in [0.1, 0.15) is 6.54 Å². The van der Waals surface area contributed by atoms with Crippen LogP contribution in [0.2, 0.25) is 10.0 Å². The monoisotopic (exact) mass is 408 g/mol. The van der Waals surface area contributed by atoms with Crippen molar-refractivity contribution in [1.29, 1.82) is 0 Å². The molecule has 0 atom stereocenters. The smallest absolute Gasteiger partial charge is 1.00 e. The van der Waals surface area contributed by atoms with Crippen LogP contribution in [-0.4, -0.2) is 46.3 Å². The molecule has 9 heteroatoms. The van der Waals surface area contributed by atoms with Crippen molar-refractivity contribution in [3.05, 3.63) is 33.4 Å².